The summed E-state index contributed by atoms with van der Waals surface area (Å²) >= 11 is 0. The molecule has 0 aromatic heterocycles. The number of carbonyl (C=O) groups excluding carboxylic acids is 1. The van der Waals surface area contributed by atoms with E-state index < -0.39 is 37.5 Å². The Balaban J connectivity index is 2.18. The van der Waals surface area contributed by atoms with Crippen LogP contribution in [0, 0.1) is 11.7 Å². The molecule has 1 aromatic rings. The van der Waals surface area contributed by atoms with Gasteiger partial charge in [-0.15, -0.1) is 0 Å². The zero-order chi connectivity index (χ0) is 18.8. The standard InChI is InChI=1S/C16H19F4NO3S/c1-11(6-12-2-4-21(10-22)5-3-12)25(23,24)15-8-13(16(18,19)20)7-14(17)9-15/h7-12H,2-6H2,1H3. The van der Waals surface area contributed by atoms with E-state index in [-0.39, 0.29) is 18.4 Å². The van der Waals surface area contributed by atoms with Crippen molar-refractivity contribution in [1.29, 1.82) is 0 Å². The fourth-order valence-electron chi connectivity index (χ4n) is 3.01. The van der Waals surface area contributed by atoms with Gasteiger partial charge in [-0.25, -0.2) is 12.8 Å². The van der Waals surface area contributed by atoms with E-state index in [2.05, 4.69) is 0 Å². The number of hydrogen-bond donors (Lipinski definition) is 0. The van der Waals surface area contributed by atoms with Crippen molar-refractivity contribution < 1.29 is 30.8 Å². The monoisotopic (exact) mass is 381 g/mol. The molecule has 0 aliphatic carbocycles. The molecule has 0 radical (unpaired) electrons. The Morgan fingerprint density at radius 3 is 2.36 bits per heavy atom. The minimum Gasteiger partial charge on any atom is -0.345 e. The highest BCUT2D eigenvalue weighted by atomic mass is 32.2. The Labute approximate surface area is 143 Å². The highest BCUT2D eigenvalue weighted by molar-refractivity contribution is 7.92. The van der Waals surface area contributed by atoms with Crippen LogP contribution in [0.4, 0.5) is 17.6 Å². The van der Waals surface area contributed by atoms with Crippen LogP contribution in [0.3, 0.4) is 0 Å². The molecule has 1 fully saturated rings. The maximum Gasteiger partial charge on any atom is 0.416 e. The molecule has 1 atom stereocenters. The minimum absolute atomic E-state index is 0.0524. The molecule has 2 rings (SSSR count). The van der Waals surface area contributed by atoms with Gasteiger partial charge in [0.25, 0.3) is 0 Å². The number of benzene rings is 1. The molecule has 9 heteroatoms. The van der Waals surface area contributed by atoms with Crippen LogP contribution in [0.1, 0.15) is 31.7 Å². The first-order valence-corrected chi connectivity index (χ1v) is 9.39. The second-order valence-electron chi connectivity index (χ2n) is 6.35. The summed E-state index contributed by atoms with van der Waals surface area (Å²) in [4.78, 5) is 11.6. The van der Waals surface area contributed by atoms with Crippen LogP contribution in [-0.4, -0.2) is 38.1 Å². The Kier molecular flexibility index (Phi) is 5.75. The fraction of sp³-hybridized carbons (Fsp3) is 0.562. The van der Waals surface area contributed by atoms with E-state index in [0.717, 1.165) is 6.41 Å². The number of carbonyl (C=O) groups is 1. The Bertz CT molecular complexity index is 725. The zero-order valence-corrected chi connectivity index (χ0v) is 14.4. The molecular formula is C16H19F4NO3S. The summed E-state index contributed by atoms with van der Waals surface area (Å²) in [5, 5.41) is -0.942. The number of likely N-dealkylation sites (tertiary alicyclic amines) is 1. The maximum absolute atomic E-state index is 13.5. The summed E-state index contributed by atoms with van der Waals surface area (Å²) in [6.45, 7) is 2.47. The van der Waals surface area contributed by atoms with Gasteiger partial charge in [-0.05, 0) is 50.3 Å². The summed E-state index contributed by atoms with van der Waals surface area (Å²) in [6.07, 6.45) is -2.56. The Morgan fingerprint density at radius 1 is 1.24 bits per heavy atom. The normalized spacial score (nSPS) is 18.2. The van der Waals surface area contributed by atoms with E-state index >= 15 is 0 Å². The lowest BCUT2D eigenvalue weighted by molar-refractivity contribution is -0.138. The Morgan fingerprint density at radius 2 is 1.84 bits per heavy atom. The molecule has 0 N–H and O–H groups in total. The number of halogens is 4. The Hall–Kier alpha value is -1.64. The molecule has 1 aliphatic heterocycles. The van der Waals surface area contributed by atoms with Crippen LogP contribution >= 0.6 is 0 Å². The quantitative estimate of drug-likeness (QED) is 0.581. The number of nitrogens with zero attached hydrogens (tertiary/aromatic N) is 1. The molecular weight excluding hydrogens is 362 g/mol. The molecule has 1 unspecified atom stereocenters. The molecule has 1 aliphatic rings. The van der Waals surface area contributed by atoms with Crippen molar-refractivity contribution in [3.8, 4) is 0 Å². The summed E-state index contributed by atoms with van der Waals surface area (Å²) in [7, 11) is -4.09. The molecule has 0 bridgehead atoms. The fourth-order valence-corrected chi connectivity index (χ4v) is 4.57. The highest BCUT2D eigenvalue weighted by Gasteiger charge is 2.34. The van der Waals surface area contributed by atoms with Gasteiger partial charge in [0.05, 0.1) is 15.7 Å². The number of alkyl halides is 3. The molecule has 140 valence electrons. The summed E-state index contributed by atoms with van der Waals surface area (Å²) in [6, 6.07) is 1.37. The van der Waals surface area contributed by atoms with E-state index in [1.54, 1.807) is 4.90 Å². The average Bonchev–Trinajstić information content (AvgIpc) is 2.54. The number of hydrogen-bond acceptors (Lipinski definition) is 3. The molecule has 4 nitrogen and oxygen atoms in total. The first-order chi connectivity index (χ1) is 11.5. The first kappa shape index (κ1) is 19.7. The van der Waals surface area contributed by atoms with Crippen molar-refractivity contribution in [2.45, 2.75) is 42.5 Å². The number of sulfone groups is 1. The molecule has 1 saturated heterocycles. The number of piperidine rings is 1. The second kappa shape index (κ2) is 7.31. The van der Waals surface area contributed by atoms with Gasteiger partial charge in [0.1, 0.15) is 5.82 Å². The predicted molar refractivity (Wildman–Crippen MR) is 83.0 cm³/mol. The molecule has 0 spiro atoms. The van der Waals surface area contributed by atoms with Crippen LogP contribution in [0.25, 0.3) is 0 Å². The predicted octanol–water partition coefficient (Wildman–Crippen LogP) is 3.27. The van der Waals surface area contributed by atoms with Crippen LogP contribution in [0.5, 0.6) is 0 Å². The van der Waals surface area contributed by atoms with E-state index in [9.17, 15) is 30.8 Å². The van der Waals surface area contributed by atoms with Gasteiger partial charge in [-0.3, -0.25) is 4.79 Å². The lowest BCUT2D eigenvalue weighted by Gasteiger charge is -2.30. The molecule has 1 aromatic carbocycles. The smallest absolute Gasteiger partial charge is 0.345 e. The molecule has 0 saturated carbocycles. The lowest BCUT2D eigenvalue weighted by Crippen LogP contribution is -2.34. The summed E-state index contributed by atoms with van der Waals surface area (Å²) in [5.41, 5.74) is -1.32. The van der Waals surface area contributed by atoms with Crippen molar-refractivity contribution in [1.82, 2.24) is 4.90 Å². The van der Waals surface area contributed by atoms with Gasteiger partial charge in [-0.2, -0.15) is 13.2 Å². The number of rotatable bonds is 5. The molecule has 25 heavy (non-hydrogen) atoms. The van der Waals surface area contributed by atoms with Gasteiger partial charge in [0.2, 0.25) is 6.41 Å². The van der Waals surface area contributed by atoms with Gasteiger partial charge >= 0.3 is 6.18 Å². The topological polar surface area (TPSA) is 54.5 Å². The van der Waals surface area contributed by atoms with E-state index in [4.69, 9.17) is 0 Å². The van der Waals surface area contributed by atoms with Crippen molar-refractivity contribution in [3.63, 3.8) is 0 Å². The summed E-state index contributed by atoms with van der Waals surface area (Å²) in [5.74, 6) is -1.18. The lowest BCUT2D eigenvalue weighted by atomic mass is 9.93. The van der Waals surface area contributed by atoms with Crippen molar-refractivity contribution in [2.75, 3.05) is 13.1 Å². The third kappa shape index (κ3) is 4.71. The van der Waals surface area contributed by atoms with Gasteiger partial charge in [-0.1, -0.05) is 0 Å². The van der Waals surface area contributed by atoms with Crippen LogP contribution in [0.2, 0.25) is 0 Å². The van der Waals surface area contributed by atoms with Crippen LogP contribution < -0.4 is 0 Å². The molecule has 1 heterocycles. The van der Waals surface area contributed by atoms with Gasteiger partial charge in [0, 0.05) is 13.1 Å². The van der Waals surface area contributed by atoms with E-state index in [1.165, 1.54) is 6.92 Å². The van der Waals surface area contributed by atoms with Crippen molar-refractivity contribution >= 4 is 16.2 Å². The minimum atomic E-state index is -4.82. The number of amides is 1. The second-order valence-corrected chi connectivity index (χ2v) is 8.72. The summed E-state index contributed by atoms with van der Waals surface area (Å²) < 4.78 is 77.0. The van der Waals surface area contributed by atoms with Crippen LogP contribution in [0.15, 0.2) is 23.1 Å². The third-order valence-corrected chi connectivity index (χ3v) is 6.66. The third-order valence-electron chi connectivity index (χ3n) is 4.52. The van der Waals surface area contributed by atoms with Gasteiger partial charge < -0.3 is 4.90 Å². The largest absolute Gasteiger partial charge is 0.416 e. The van der Waals surface area contributed by atoms with E-state index in [1.807, 2.05) is 0 Å². The maximum atomic E-state index is 13.5. The first-order valence-electron chi connectivity index (χ1n) is 7.85. The van der Waals surface area contributed by atoms with Gasteiger partial charge in [0.15, 0.2) is 9.84 Å². The highest BCUT2D eigenvalue weighted by Crippen LogP contribution is 2.33. The average molecular weight is 381 g/mol. The molecule has 1 amide bonds. The van der Waals surface area contributed by atoms with Crippen molar-refractivity contribution in [3.05, 3.63) is 29.6 Å². The SMILES string of the molecule is CC(CC1CCN(C=O)CC1)S(=O)(=O)c1cc(F)cc(C(F)(F)F)c1. The zero-order valence-electron chi connectivity index (χ0n) is 13.6. The van der Waals surface area contributed by atoms with Crippen LogP contribution in [-0.2, 0) is 20.8 Å². The van der Waals surface area contributed by atoms with E-state index in [0.29, 0.717) is 38.1 Å². The van der Waals surface area contributed by atoms with Crippen molar-refractivity contribution in [2.24, 2.45) is 5.92 Å².